The predicted molar refractivity (Wildman–Crippen MR) is 92.2 cm³/mol. The molecule has 1 aliphatic heterocycles. The van der Waals surface area contributed by atoms with Crippen molar-refractivity contribution in [1.82, 2.24) is 0 Å². The van der Waals surface area contributed by atoms with Crippen molar-refractivity contribution in [1.29, 1.82) is 0 Å². The molecule has 0 N–H and O–H groups in total. The molecule has 3 rings (SSSR count). The highest BCUT2D eigenvalue weighted by molar-refractivity contribution is 6.35. The first-order valence-electron chi connectivity index (χ1n) is 7.48. The second-order valence-corrected chi connectivity index (χ2v) is 6.12. The monoisotopic (exact) mass is 328 g/mol. The molecule has 5 heteroatoms. The van der Waals surface area contributed by atoms with Gasteiger partial charge in [-0.1, -0.05) is 35.9 Å². The molecule has 118 valence electrons. The Kier molecular flexibility index (Phi) is 4.09. The fourth-order valence-corrected chi connectivity index (χ4v) is 3.07. The first kappa shape index (κ1) is 15.6. The zero-order chi connectivity index (χ0) is 16.6. The molecule has 0 spiro atoms. The van der Waals surface area contributed by atoms with Gasteiger partial charge in [-0.3, -0.25) is 14.5 Å². The smallest absolute Gasteiger partial charge is 0.260 e. The minimum Gasteiger partial charge on any atom is -0.306 e. The Labute approximate surface area is 140 Å². The molecule has 4 nitrogen and oxygen atoms in total. The van der Waals surface area contributed by atoms with Crippen LogP contribution in [0.25, 0.3) is 0 Å². The number of carbonyl (C=O) groups excluding carboxylic acids is 2. The van der Waals surface area contributed by atoms with E-state index in [0.717, 1.165) is 11.4 Å². The lowest BCUT2D eigenvalue weighted by Gasteiger charge is -2.38. The molecule has 1 heterocycles. The van der Waals surface area contributed by atoms with E-state index in [9.17, 15) is 9.59 Å². The van der Waals surface area contributed by atoms with Crippen LogP contribution in [0.4, 0.5) is 11.4 Å². The number of carbonyl (C=O) groups is 2. The third-order valence-electron chi connectivity index (χ3n) is 3.86. The maximum Gasteiger partial charge on any atom is 0.260 e. The number of rotatable bonds is 2. The number of benzene rings is 2. The number of hydrogen-bond acceptors (Lipinski definition) is 2. The lowest BCUT2D eigenvalue weighted by molar-refractivity contribution is -0.117. The molecular formula is C18H17ClN2O2. The number of amides is 2. The Hall–Kier alpha value is -2.33. The Morgan fingerprint density at radius 2 is 1.65 bits per heavy atom. The van der Waals surface area contributed by atoms with Crippen LogP contribution in [0.3, 0.4) is 0 Å². The van der Waals surface area contributed by atoms with Crippen LogP contribution in [0.1, 0.15) is 24.2 Å². The molecule has 0 saturated heterocycles. The summed E-state index contributed by atoms with van der Waals surface area (Å²) in [6.45, 7) is 3.93. The van der Waals surface area contributed by atoms with Crippen molar-refractivity contribution in [3.05, 3.63) is 59.1 Å². The third-order valence-corrected chi connectivity index (χ3v) is 4.19. The molecule has 0 aliphatic carbocycles. The number of fused-ring (bicyclic) bond motifs is 1. The summed E-state index contributed by atoms with van der Waals surface area (Å²) in [5, 5.41) is 0.383. The quantitative estimate of drug-likeness (QED) is 0.842. The van der Waals surface area contributed by atoms with Crippen LogP contribution < -0.4 is 9.80 Å². The second kappa shape index (κ2) is 6.05. The molecule has 2 amide bonds. The highest BCUT2D eigenvalue weighted by atomic mass is 35.5. The predicted octanol–water partition coefficient (Wildman–Crippen LogP) is 3.74. The van der Waals surface area contributed by atoms with E-state index in [4.69, 9.17) is 11.6 Å². The highest BCUT2D eigenvalue weighted by Gasteiger charge is 2.34. The lowest BCUT2D eigenvalue weighted by atomic mass is 10.1. The Morgan fingerprint density at radius 1 is 1.04 bits per heavy atom. The summed E-state index contributed by atoms with van der Waals surface area (Å²) in [6, 6.07) is 14.4. The average molecular weight is 329 g/mol. The van der Waals surface area contributed by atoms with Crippen LogP contribution in [-0.4, -0.2) is 24.4 Å². The van der Waals surface area contributed by atoms with Gasteiger partial charge in [0, 0.05) is 6.04 Å². The van der Waals surface area contributed by atoms with Crippen LogP contribution in [0.5, 0.6) is 0 Å². The average Bonchev–Trinajstić information content (AvgIpc) is 2.53. The molecule has 0 radical (unpaired) electrons. The van der Waals surface area contributed by atoms with Crippen LogP contribution >= 0.6 is 11.6 Å². The molecule has 0 unspecified atom stereocenters. The summed E-state index contributed by atoms with van der Waals surface area (Å²) in [7, 11) is 0. The van der Waals surface area contributed by atoms with E-state index in [1.165, 1.54) is 4.90 Å². The summed E-state index contributed by atoms with van der Waals surface area (Å²) in [6.07, 6.45) is 0. The minimum atomic E-state index is -0.264. The van der Waals surface area contributed by atoms with E-state index in [2.05, 4.69) is 0 Å². The van der Waals surface area contributed by atoms with E-state index in [1.54, 1.807) is 29.2 Å². The molecule has 0 saturated carbocycles. The van der Waals surface area contributed by atoms with Gasteiger partial charge in [-0.2, -0.15) is 0 Å². The van der Waals surface area contributed by atoms with Crippen molar-refractivity contribution in [3.63, 3.8) is 0 Å². The maximum absolute atomic E-state index is 12.9. The van der Waals surface area contributed by atoms with Gasteiger partial charge in [0.25, 0.3) is 5.91 Å². The van der Waals surface area contributed by atoms with Crippen molar-refractivity contribution in [3.8, 4) is 0 Å². The van der Waals surface area contributed by atoms with E-state index >= 15 is 0 Å². The second-order valence-electron chi connectivity index (χ2n) is 5.72. The molecule has 0 fully saturated rings. The van der Waals surface area contributed by atoms with Crippen LogP contribution in [0.2, 0.25) is 5.02 Å². The lowest BCUT2D eigenvalue weighted by Crippen LogP contribution is -2.50. The zero-order valence-corrected chi connectivity index (χ0v) is 13.7. The number of hydrogen-bond donors (Lipinski definition) is 0. The summed E-state index contributed by atoms with van der Waals surface area (Å²) in [4.78, 5) is 28.6. The maximum atomic E-state index is 12.9. The van der Waals surface area contributed by atoms with Crippen LogP contribution in [0, 0.1) is 0 Å². The summed E-state index contributed by atoms with van der Waals surface area (Å²) in [5.74, 6) is -0.362. The molecule has 0 bridgehead atoms. The van der Waals surface area contributed by atoms with Crippen molar-refractivity contribution < 1.29 is 9.59 Å². The number of halogens is 1. The fraction of sp³-hybridized carbons (Fsp3) is 0.222. The van der Waals surface area contributed by atoms with Crippen LogP contribution in [-0.2, 0) is 4.79 Å². The molecule has 2 aromatic rings. The van der Waals surface area contributed by atoms with E-state index in [1.807, 2.05) is 38.1 Å². The zero-order valence-electron chi connectivity index (χ0n) is 13.0. The van der Waals surface area contributed by atoms with Crippen molar-refractivity contribution in [2.75, 3.05) is 16.3 Å². The first-order chi connectivity index (χ1) is 11.0. The van der Waals surface area contributed by atoms with E-state index < -0.39 is 0 Å². The summed E-state index contributed by atoms with van der Waals surface area (Å²) < 4.78 is 0. The molecule has 1 aliphatic rings. The topological polar surface area (TPSA) is 40.6 Å². The van der Waals surface area contributed by atoms with E-state index in [-0.39, 0.29) is 24.4 Å². The van der Waals surface area contributed by atoms with Gasteiger partial charge < -0.3 is 4.90 Å². The molecule has 0 aromatic heterocycles. The largest absolute Gasteiger partial charge is 0.306 e. The molecule has 23 heavy (non-hydrogen) atoms. The SMILES string of the molecule is CC(C)N1C(=O)CN(C(=O)c2ccccc2Cl)c2ccccc21. The summed E-state index contributed by atoms with van der Waals surface area (Å²) >= 11 is 6.14. The van der Waals surface area contributed by atoms with Crippen molar-refractivity contribution in [2.24, 2.45) is 0 Å². The third kappa shape index (κ3) is 2.70. The van der Waals surface area contributed by atoms with Gasteiger partial charge in [0.2, 0.25) is 5.91 Å². The van der Waals surface area contributed by atoms with Crippen LogP contribution in [0.15, 0.2) is 48.5 Å². The van der Waals surface area contributed by atoms with Gasteiger partial charge in [-0.25, -0.2) is 0 Å². The summed E-state index contributed by atoms with van der Waals surface area (Å²) in [5.41, 5.74) is 1.87. The van der Waals surface area contributed by atoms with Crippen molar-refractivity contribution >= 4 is 34.8 Å². The van der Waals surface area contributed by atoms with Gasteiger partial charge in [0.15, 0.2) is 0 Å². The van der Waals surface area contributed by atoms with Gasteiger partial charge in [0.1, 0.15) is 6.54 Å². The Bertz CT molecular complexity index is 773. The van der Waals surface area contributed by atoms with Gasteiger partial charge >= 0.3 is 0 Å². The first-order valence-corrected chi connectivity index (χ1v) is 7.86. The number of anilines is 2. The van der Waals surface area contributed by atoms with Gasteiger partial charge in [-0.15, -0.1) is 0 Å². The molecular weight excluding hydrogens is 312 g/mol. The Balaban J connectivity index is 2.08. The highest BCUT2D eigenvalue weighted by Crippen LogP contribution is 2.35. The van der Waals surface area contributed by atoms with Gasteiger partial charge in [0.05, 0.1) is 22.0 Å². The Morgan fingerprint density at radius 3 is 2.30 bits per heavy atom. The minimum absolute atomic E-state index is 0.0131. The molecule has 2 aromatic carbocycles. The van der Waals surface area contributed by atoms with E-state index in [0.29, 0.717) is 10.6 Å². The normalized spacial score (nSPS) is 14.2. The number of nitrogens with zero attached hydrogens (tertiary/aromatic N) is 2. The molecule has 0 atom stereocenters. The fourth-order valence-electron chi connectivity index (χ4n) is 2.85. The standard InChI is InChI=1S/C18H17ClN2O2/c1-12(2)21-16-10-6-5-9-15(16)20(11-17(21)22)18(23)13-7-3-4-8-14(13)19/h3-10,12H,11H2,1-2H3. The van der Waals surface area contributed by atoms with Gasteiger partial charge in [-0.05, 0) is 38.1 Å². The van der Waals surface area contributed by atoms with Crippen molar-refractivity contribution in [2.45, 2.75) is 19.9 Å². The number of para-hydroxylation sites is 2.